The number of ether oxygens (including phenoxy) is 1. The highest BCUT2D eigenvalue weighted by molar-refractivity contribution is 5.85. The standard InChI is InChI=1S/C9H10F3NO.ClH/c1-14-7-3-2-5(11)8(9(7)12)6(13)4-10;/h2-3,6H,4,13H2,1H3;1H/t6-;/m1./s1. The topological polar surface area (TPSA) is 35.2 Å². The van der Waals surface area contributed by atoms with Gasteiger partial charge in [-0.25, -0.2) is 13.2 Å². The summed E-state index contributed by atoms with van der Waals surface area (Å²) in [5, 5.41) is 0. The second-order valence-corrected chi connectivity index (χ2v) is 2.74. The summed E-state index contributed by atoms with van der Waals surface area (Å²) >= 11 is 0. The summed E-state index contributed by atoms with van der Waals surface area (Å²) in [5.74, 6) is -1.96. The Morgan fingerprint density at radius 3 is 2.47 bits per heavy atom. The van der Waals surface area contributed by atoms with Crippen molar-refractivity contribution >= 4 is 12.4 Å². The lowest BCUT2D eigenvalue weighted by Crippen LogP contribution is -2.16. The van der Waals surface area contributed by atoms with Crippen molar-refractivity contribution in [1.82, 2.24) is 0 Å². The van der Waals surface area contributed by atoms with Crippen LogP contribution in [0.1, 0.15) is 11.6 Å². The van der Waals surface area contributed by atoms with Crippen LogP contribution in [0.25, 0.3) is 0 Å². The van der Waals surface area contributed by atoms with Gasteiger partial charge in [-0.1, -0.05) is 0 Å². The first-order valence-electron chi connectivity index (χ1n) is 3.95. The molecule has 1 aromatic rings. The van der Waals surface area contributed by atoms with Gasteiger partial charge in [-0.3, -0.25) is 0 Å². The van der Waals surface area contributed by atoms with Crippen molar-refractivity contribution in [2.24, 2.45) is 5.73 Å². The molecule has 1 rings (SSSR count). The van der Waals surface area contributed by atoms with Gasteiger partial charge in [0.1, 0.15) is 12.5 Å². The van der Waals surface area contributed by atoms with Crippen molar-refractivity contribution in [2.75, 3.05) is 13.8 Å². The smallest absolute Gasteiger partial charge is 0.172 e. The summed E-state index contributed by atoms with van der Waals surface area (Å²) < 4.78 is 43.2. The molecule has 0 bridgehead atoms. The summed E-state index contributed by atoms with van der Waals surface area (Å²) in [6, 6.07) is 0.816. The molecule has 15 heavy (non-hydrogen) atoms. The average Bonchev–Trinajstić information content (AvgIpc) is 2.18. The van der Waals surface area contributed by atoms with E-state index in [2.05, 4.69) is 4.74 Å². The highest BCUT2D eigenvalue weighted by Crippen LogP contribution is 2.26. The van der Waals surface area contributed by atoms with Crippen LogP contribution in [0.4, 0.5) is 13.2 Å². The number of rotatable bonds is 3. The zero-order valence-electron chi connectivity index (χ0n) is 7.97. The molecule has 0 amide bonds. The molecule has 0 fully saturated rings. The van der Waals surface area contributed by atoms with Crippen LogP contribution in [-0.2, 0) is 0 Å². The van der Waals surface area contributed by atoms with Crippen LogP contribution < -0.4 is 10.5 Å². The maximum absolute atomic E-state index is 13.4. The zero-order chi connectivity index (χ0) is 10.7. The molecule has 2 N–H and O–H groups in total. The third kappa shape index (κ3) is 2.76. The summed E-state index contributed by atoms with van der Waals surface area (Å²) in [4.78, 5) is 0. The molecule has 0 radical (unpaired) electrons. The van der Waals surface area contributed by atoms with Crippen LogP contribution in [-0.4, -0.2) is 13.8 Å². The average molecular weight is 242 g/mol. The molecule has 0 unspecified atom stereocenters. The van der Waals surface area contributed by atoms with Crippen molar-refractivity contribution in [3.05, 3.63) is 29.3 Å². The molecular formula is C9H11ClF3NO. The minimum absolute atomic E-state index is 0. The maximum atomic E-state index is 13.4. The molecule has 2 nitrogen and oxygen atoms in total. The van der Waals surface area contributed by atoms with Crippen molar-refractivity contribution in [3.63, 3.8) is 0 Å². The van der Waals surface area contributed by atoms with Gasteiger partial charge in [0.25, 0.3) is 0 Å². The number of benzene rings is 1. The maximum Gasteiger partial charge on any atom is 0.172 e. The SMILES string of the molecule is COc1ccc(F)c([C@H](N)CF)c1F.Cl. The molecule has 0 aromatic heterocycles. The Balaban J connectivity index is 0.00000196. The second kappa shape index (κ2) is 5.82. The Kier molecular flexibility index (Phi) is 5.46. The molecule has 1 aromatic carbocycles. The molecule has 0 saturated carbocycles. The van der Waals surface area contributed by atoms with Crippen molar-refractivity contribution < 1.29 is 17.9 Å². The van der Waals surface area contributed by atoms with E-state index in [1.54, 1.807) is 0 Å². The van der Waals surface area contributed by atoms with Gasteiger partial charge in [0.2, 0.25) is 0 Å². The van der Waals surface area contributed by atoms with E-state index in [9.17, 15) is 13.2 Å². The quantitative estimate of drug-likeness (QED) is 0.882. The molecule has 0 aliphatic rings. The van der Waals surface area contributed by atoms with Crippen molar-refractivity contribution in [2.45, 2.75) is 6.04 Å². The molecule has 0 aliphatic heterocycles. The molecular weight excluding hydrogens is 231 g/mol. The first-order chi connectivity index (χ1) is 6.61. The fraction of sp³-hybridized carbons (Fsp3) is 0.333. The number of halogens is 4. The van der Waals surface area contributed by atoms with E-state index in [1.807, 2.05) is 0 Å². The molecule has 6 heteroatoms. The van der Waals surface area contributed by atoms with E-state index < -0.39 is 29.9 Å². The van der Waals surface area contributed by atoms with Crippen LogP contribution in [0.2, 0.25) is 0 Å². The van der Waals surface area contributed by atoms with E-state index in [4.69, 9.17) is 5.73 Å². The van der Waals surface area contributed by atoms with Gasteiger partial charge in [0.15, 0.2) is 11.6 Å². The van der Waals surface area contributed by atoms with E-state index in [0.29, 0.717) is 0 Å². The first-order valence-corrected chi connectivity index (χ1v) is 3.95. The lowest BCUT2D eigenvalue weighted by Gasteiger charge is -2.12. The van der Waals surface area contributed by atoms with E-state index in [1.165, 1.54) is 7.11 Å². The van der Waals surface area contributed by atoms with Crippen molar-refractivity contribution in [3.8, 4) is 5.75 Å². The monoisotopic (exact) mass is 241 g/mol. The van der Waals surface area contributed by atoms with Gasteiger partial charge in [-0.15, -0.1) is 12.4 Å². The van der Waals surface area contributed by atoms with E-state index in [-0.39, 0.29) is 18.2 Å². The van der Waals surface area contributed by atoms with E-state index in [0.717, 1.165) is 12.1 Å². The van der Waals surface area contributed by atoms with Gasteiger partial charge >= 0.3 is 0 Å². The van der Waals surface area contributed by atoms with E-state index >= 15 is 0 Å². The predicted molar refractivity (Wildman–Crippen MR) is 53.1 cm³/mol. The number of methoxy groups -OCH3 is 1. The number of hydrogen-bond donors (Lipinski definition) is 1. The third-order valence-electron chi connectivity index (χ3n) is 1.85. The lowest BCUT2D eigenvalue weighted by atomic mass is 10.1. The van der Waals surface area contributed by atoms with Gasteiger partial charge in [0.05, 0.1) is 13.2 Å². The predicted octanol–water partition coefficient (Wildman–Crippen LogP) is 2.36. The highest BCUT2D eigenvalue weighted by atomic mass is 35.5. The van der Waals surface area contributed by atoms with Gasteiger partial charge in [-0.2, -0.15) is 0 Å². The van der Waals surface area contributed by atoms with Crippen LogP contribution in [0, 0.1) is 11.6 Å². The fourth-order valence-corrected chi connectivity index (χ4v) is 1.12. The largest absolute Gasteiger partial charge is 0.494 e. The molecule has 0 saturated heterocycles. The van der Waals surface area contributed by atoms with Crippen molar-refractivity contribution in [1.29, 1.82) is 0 Å². The first kappa shape index (κ1) is 14.1. The normalized spacial score (nSPS) is 11.8. The Hall–Kier alpha value is -0.940. The second-order valence-electron chi connectivity index (χ2n) is 2.74. The fourth-order valence-electron chi connectivity index (χ4n) is 1.12. The summed E-state index contributed by atoms with van der Waals surface area (Å²) in [7, 11) is 1.24. The zero-order valence-corrected chi connectivity index (χ0v) is 8.78. The molecule has 1 atom stereocenters. The number of hydrogen-bond acceptors (Lipinski definition) is 2. The Morgan fingerprint density at radius 1 is 1.40 bits per heavy atom. The third-order valence-corrected chi connectivity index (χ3v) is 1.85. The van der Waals surface area contributed by atoms with Crippen LogP contribution in [0.5, 0.6) is 5.75 Å². The molecule has 0 spiro atoms. The van der Waals surface area contributed by atoms with Crippen LogP contribution in [0.3, 0.4) is 0 Å². The van der Waals surface area contributed by atoms with Gasteiger partial charge in [0, 0.05) is 5.56 Å². The van der Waals surface area contributed by atoms with Gasteiger partial charge in [-0.05, 0) is 12.1 Å². The summed E-state index contributed by atoms with van der Waals surface area (Å²) in [5.41, 5.74) is 4.73. The highest BCUT2D eigenvalue weighted by Gasteiger charge is 2.19. The molecule has 0 aliphatic carbocycles. The summed E-state index contributed by atoms with van der Waals surface area (Å²) in [6.07, 6.45) is 0. The Bertz CT molecular complexity index is 335. The van der Waals surface area contributed by atoms with Crippen LogP contribution in [0.15, 0.2) is 12.1 Å². The van der Waals surface area contributed by atoms with Crippen LogP contribution >= 0.6 is 12.4 Å². The number of alkyl halides is 1. The Morgan fingerprint density at radius 2 is 2.00 bits per heavy atom. The minimum Gasteiger partial charge on any atom is -0.494 e. The minimum atomic E-state index is -1.30. The molecule has 0 heterocycles. The lowest BCUT2D eigenvalue weighted by molar-refractivity contribution is 0.368. The number of nitrogens with two attached hydrogens (primary N) is 1. The van der Waals surface area contributed by atoms with Gasteiger partial charge < -0.3 is 10.5 Å². The Labute approximate surface area is 91.6 Å². The summed E-state index contributed by atoms with van der Waals surface area (Å²) in [6.45, 7) is -1.03. The molecule has 86 valence electrons.